The van der Waals surface area contributed by atoms with Gasteiger partial charge in [0.25, 0.3) is 21.7 Å². The molecule has 5 rings (SSSR count). The number of aliphatic hydroxyl groups is 1. The van der Waals surface area contributed by atoms with E-state index < -0.39 is 78.9 Å². The summed E-state index contributed by atoms with van der Waals surface area (Å²) in [5, 5.41) is 24.2. The van der Waals surface area contributed by atoms with Gasteiger partial charge in [-0.3, -0.25) is 24.0 Å². The molecule has 0 unspecified atom stereocenters. The molecule has 16 nitrogen and oxygen atoms in total. The number of nitrogens with zero attached hydrogens (tertiary/aromatic N) is 4. The van der Waals surface area contributed by atoms with Gasteiger partial charge in [-0.25, -0.2) is 13.1 Å². The summed E-state index contributed by atoms with van der Waals surface area (Å²) in [7, 11) is -5.67. The Balaban J connectivity index is 1.48. The summed E-state index contributed by atoms with van der Waals surface area (Å²) in [5.74, 6) is -4.62. The summed E-state index contributed by atoms with van der Waals surface area (Å²) >= 11 is 0. The number of rotatable bonds is 12. The number of Topliss-reactive ketones (excluding diaryl/α,β-unsaturated/α-hetero) is 1. The lowest BCUT2D eigenvalue weighted by Crippen LogP contribution is -2.64. The first kappa shape index (κ1) is 40.7. The maximum atomic E-state index is 14.7. The molecule has 5 N–H and O–H groups in total. The van der Waals surface area contributed by atoms with Gasteiger partial charge in [0, 0.05) is 44.6 Å². The van der Waals surface area contributed by atoms with E-state index in [2.05, 4.69) is 20.9 Å². The second-order valence-corrected chi connectivity index (χ2v) is 16.6. The van der Waals surface area contributed by atoms with Gasteiger partial charge in [-0.15, -0.1) is 5.10 Å². The number of carbonyl (C=O) groups excluding carboxylic acids is 5. The highest BCUT2D eigenvalue weighted by molar-refractivity contribution is 7.92. The molecule has 1 aromatic carbocycles. The summed E-state index contributed by atoms with van der Waals surface area (Å²) in [6, 6.07) is -0.131. The van der Waals surface area contributed by atoms with Crippen molar-refractivity contribution < 1.29 is 55.4 Å². The minimum absolute atomic E-state index is 0.00576. The maximum absolute atomic E-state index is 14.7. The molecule has 3 heterocycles. The van der Waals surface area contributed by atoms with Gasteiger partial charge in [-0.1, -0.05) is 37.3 Å². The highest BCUT2D eigenvalue weighted by Crippen LogP contribution is 2.35. The fourth-order valence-corrected chi connectivity index (χ4v) is 8.22. The van der Waals surface area contributed by atoms with Crippen molar-refractivity contribution in [2.24, 2.45) is 11.7 Å². The zero-order valence-corrected chi connectivity index (χ0v) is 30.6. The van der Waals surface area contributed by atoms with Crippen molar-refractivity contribution in [2.45, 2.75) is 111 Å². The third-order valence-corrected chi connectivity index (χ3v) is 11.9. The number of benzene rings is 1. The number of carbonyl (C=O) groups is 5. The number of likely N-dealkylation sites (tertiary alicyclic amines) is 1. The number of ketones is 1. The van der Waals surface area contributed by atoms with E-state index >= 15 is 0 Å². The molecule has 3 fully saturated rings. The van der Waals surface area contributed by atoms with E-state index in [0.717, 1.165) is 44.2 Å². The lowest BCUT2D eigenvalue weighted by atomic mass is 9.84. The molecule has 0 bridgehead atoms. The molecule has 296 valence electrons. The van der Waals surface area contributed by atoms with Crippen LogP contribution < -0.4 is 16.4 Å². The van der Waals surface area contributed by atoms with Crippen molar-refractivity contribution >= 4 is 39.2 Å². The molecule has 3 aliphatic rings. The van der Waals surface area contributed by atoms with E-state index in [4.69, 9.17) is 10.5 Å². The number of primary amides is 1. The number of nitrogens with two attached hydrogens (primary N) is 1. The van der Waals surface area contributed by atoms with E-state index in [1.54, 1.807) is 0 Å². The molecule has 2 saturated heterocycles. The number of hydrogen-bond donors (Lipinski definition) is 4. The predicted molar refractivity (Wildman–Crippen MR) is 182 cm³/mol. The molecular weight excluding hydrogens is 739 g/mol. The van der Waals surface area contributed by atoms with Crippen molar-refractivity contribution in [1.82, 2.24) is 30.5 Å². The number of aromatic nitrogens is 3. The highest BCUT2D eigenvalue weighted by atomic mass is 32.2. The third-order valence-electron chi connectivity index (χ3n) is 10.4. The molecule has 2 aromatic rings. The first-order valence-corrected chi connectivity index (χ1v) is 19.1. The molecule has 1 saturated carbocycles. The van der Waals surface area contributed by atoms with Crippen molar-refractivity contribution in [3.63, 3.8) is 0 Å². The Hall–Kier alpha value is -4.43. The molecule has 4 amide bonds. The summed E-state index contributed by atoms with van der Waals surface area (Å²) in [6.45, 7) is 2.96. The molecule has 20 heteroatoms. The first-order chi connectivity index (χ1) is 25.2. The van der Waals surface area contributed by atoms with Crippen molar-refractivity contribution in [2.75, 3.05) is 19.8 Å². The van der Waals surface area contributed by atoms with Crippen LogP contribution in [0.4, 0.5) is 13.2 Å². The van der Waals surface area contributed by atoms with Crippen LogP contribution in [0.1, 0.15) is 93.7 Å². The van der Waals surface area contributed by atoms with Crippen molar-refractivity contribution in [3.05, 3.63) is 41.7 Å². The predicted octanol–water partition coefficient (Wildman–Crippen LogP) is 1.43. The van der Waals surface area contributed by atoms with Gasteiger partial charge in [0.15, 0.2) is 0 Å². The van der Waals surface area contributed by atoms with E-state index in [0.29, 0.717) is 12.1 Å². The van der Waals surface area contributed by atoms with Crippen molar-refractivity contribution in [3.8, 4) is 0 Å². The Kier molecular flexibility index (Phi) is 11.9. The molecule has 54 heavy (non-hydrogen) atoms. The summed E-state index contributed by atoms with van der Waals surface area (Å²) in [6.07, 6.45) is 5.59. The average Bonchev–Trinajstić information content (AvgIpc) is 3.80. The van der Waals surface area contributed by atoms with Gasteiger partial charge in [-0.05, 0) is 50.5 Å². The lowest BCUT2D eigenvalue weighted by Gasteiger charge is -2.37. The van der Waals surface area contributed by atoms with E-state index in [-0.39, 0.29) is 62.6 Å². The van der Waals surface area contributed by atoms with E-state index in [1.165, 1.54) is 29.6 Å². The Labute approximate surface area is 309 Å². The van der Waals surface area contributed by atoms with Gasteiger partial charge in [-0.2, -0.15) is 13.2 Å². The quantitative estimate of drug-likeness (QED) is 0.225. The number of alkyl halides is 3. The molecule has 0 radical (unpaired) electrons. The standard InChI is InChI=1S/C34H44F3N7O9S/c1-32(2,50)26-18-39-42-44(26)22-17-25(30(48)41-33(27(45)28(38)46)12-14-53-15-13-33)43(19-22)31(49)24(16-20-6-4-3-5-7-20)40-29(47)21-8-10-23(11-9-21)54(51,52)34(35,36)37/h8-11,18,20,22,24-25,50H,3-7,12-17,19H2,1-2H3,(H2,38,46)(H,40,47)(H,41,48)/t22-,24+,25-/m0/s1. The Morgan fingerprint density at radius 3 is 2.26 bits per heavy atom. The Morgan fingerprint density at radius 2 is 1.69 bits per heavy atom. The third kappa shape index (κ3) is 8.59. The molecule has 3 atom stereocenters. The van der Waals surface area contributed by atoms with Crippen LogP contribution in [0, 0.1) is 5.92 Å². The molecule has 2 aliphatic heterocycles. The van der Waals surface area contributed by atoms with Crippen LogP contribution in [0.5, 0.6) is 0 Å². The number of sulfone groups is 1. The topological polar surface area (TPSA) is 233 Å². The van der Waals surface area contributed by atoms with Crippen LogP contribution in [-0.2, 0) is 39.4 Å². The highest BCUT2D eigenvalue weighted by Gasteiger charge is 2.50. The fourth-order valence-electron chi connectivity index (χ4n) is 7.46. The molecular formula is C34H44F3N7O9S. The maximum Gasteiger partial charge on any atom is 0.501 e. The van der Waals surface area contributed by atoms with Crippen LogP contribution in [-0.4, -0.2) is 106 Å². The molecule has 1 aliphatic carbocycles. The van der Waals surface area contributed by atoms with Crippen LogP contribution >= 0.6 is 0 Å². The number of ether oxygens (including phenoxy) is 1. The Morgan fingerprint density at radius 1 is 1.06 bits per heavy atom. The average molecular weight is 784 g/mol. The second kappa shape index (κ2) is 15.7. The van der Waals surface area contributed by atoms with Gasteiger partial charge in [0.2, 0.25) is 17.6 Å². The normalized spacial score (nSPS) is 21.6. The zero-order valence-electron chi connectivity index (χ0n) is 29.8. The van der Waals surface area contributed by atoms with Crippen LogP contribution in [0.25, 0.3) is 0 Å². The van der Waals surface area contributed by atoms with Crippen LogP contribution in [0.3, 0.4) is 0 Å². The number of amides is 4. The largest absolute Gasteiger partial charge is 0.501 e. The lowest BCUT2D eigenvalue weighted by molar-refractivity contribution is -0.147. The number of hydrogen-bond acceptors (Lipinski definition) is 11. The number of halogens is 3. The summed E-state index contributed by atoms with van der Waals surface area (Å²) in [5.41, 5.74) is -3.23. The molecule has 0 spiro atoms. The number of nitrogens with one attached hydrogen (secondary N) is 2. The Bertz CT molecular complexity index is 1850. The van der Waals surface area contributed by atoms with E-state index in [9.17, 15) is 50.7 Å². The summed E-state index contributed by atoms with van der Waals surface area (Å²) in [4.78, 5) is 67.8. The smallest absolute Gasteiger partial charge is 0.384 e. The first-order valence-electron chi connectivity index (χ1n) is 17.6. The van der Waals surface area contributed by atoms with Crippen LogP contribution in [0.2, 0.25) is 0 Å². The monoisotopic (exact) mass is 783 g/mol. The van der Waals surface area contributed by atoms with Gasteiger partial charge >= 0.3 is 5.51 Å². The second-order valence-electron chi connectivity index (χ2n) is 14.6. The van der Waals surface area contributed by atoms with Gasteiger partial charge < -0.3 is 31.1 Å². The molecule has 1 aromatic heterocycles. The van der Waals surface area contributed by atoms with Crippen LogP contribution in [0.15, 0.2) is 35.4 Å². The fraction of sp³-hybridized carbons (Fsp3) is 0.618. The minimum atomic E-state index is -5.67. The SMILES string of the molecule is CC(C)(O)c1cnnn1[C@H]1C[C@@H](C(=O)NC2(C(=O)C(N)=O)CCOCC2)N(C(=O)[C@@H](CC2CCCCC2)NC(=O)c2ccc(S(=O)(=O)C(F)(F)F)cc2)C1. The van der Waals surface area contributed by atoms with Crippen molar-refractivity contribution in [1.29, 1.82) is 0 Å². The zero-order chi connectivity index (χ0) is 39.6. The van der Waals surface area contributed by atoms with Gasteiger partial charge in [0.05, 0.1) is 22.8 Å². The van der Waals surface area contributed by atoms with E-state index in [1.807, 2.05) is 0 Å². The van der Waals surface area contributed by atoms with Gasteiger partial charge in [0.1, 0.15) is 23.2 Å². The summed E-state index contributed by atoms with van der Waals surface area (Å²) < 4.78 is 69.9. The minimum Gasteiger partial charge on any atom is -0.384 e.